The highest BCUT2D eigenvalue weighted by Crippen LogP contribution is 2.10. The van der Waals surface area contributed by atoms with E-state index in [4.69, 9.17) is 5.73 Å². The molecular formula is C11H16N6. The van der Waals surface area contributed by atoms with Crippen molar-refractivity contribution >= 4 is 11.6 Å². The van der Waals surface area contributed by atoms with Gasteiger partial charge in [0.05, 0.1) is 6.20 Å². The van der Waals surface area contributed by atoms with Gasteiger partial charge < -0.3 is 11.1 Å². The van der Waals surface area contributed by atoms with Crippen LogP contribution in [0.25, 0.3) is 0 Å². The minimum absolute atomic E-state index is 0.584. The molecule has 0 radical (unpaired) electrons. The van der Waals surface area contributed by atoms with Crippen LogP contribution in [0.2, 0.25) is 0 Å². The average molecular weight is 232 g/mol. The molecule has 90 valence electrons. The number of aromatic amines is 1. The Bertz CT molecular complexity index is 478. The van der Waals surface area contributed by atoms with Crippen LogP contribution in [-0.4, -0.2) is 20.2 Å². The van der Waals surface area contributed by atoms with Crippen LogP contribution >= 0.6 is 0 Å². The Labute approximate surface area is 99.7 Å². The third kappa shape index (κ3) is 2.93. The summed E-state index contributed by atoms with van der Waals surface area (Å²) in [6.07, 6.45) is 5.32. The van der Waals surface area contributed by atoms with Crippen molar-refractivity contribution in [3.8, 4) is 0 Å². The first-order chi connectivity index (χ1) is 8.29. The van der Waals surface area contributed by atoms with Crippen molar-refractivity contribution in [1.82, 2.24) is 20.2 Å². The summed E-state index contributed by atoms with van der Waals surface area (Å²) in [4.78, 5) is 8.35. The first-order valence-corrected chi connectivity index (χ1v) is 5.62. The highest BCUT2D eigenvalue weighted by atomic mass is 15.1. The smallest absolute Gasteiger partial charge is 0.129 e. The van der Waals surface area contributed by atoms with Gasteiger partial charge in [-0.05, 0) is 6.42 Å². The molecule has 0 saturated carbocycles. The molecule has 0 aromatic carbocycles. The lowest BCUT2D eigenvalue weighted by molar-refractivity contribution is 0.871. The van der Waals surface area contributed by atoms with Gasteiger partial charge in [-0.1, -0.05) is 13.3 Å². The second-order valence-corrected chi connectivity index (χ2v) is 3.81. The molecule has 2 heterocycles. The van der Waals surface area contributed by atoms with Gasteiger partial charge in [-0.3, -0.25) is 5.10 Å². The van der Waals surface area contributed by atoms with E-state index in [0.29, 0.717) is 12.4 Å². The Hall–Kier alpha value is -2.11. The zero-order chi connectivity index (χ0) is 12.1. The van der Waals surface area contributed by atoms with E-state index in [1.165, 1.54) is 0 Å². The summed E-state index contributed by atoms with van der Waals surface area (Å²) >= 11 is 0. The molecule has 2 aromatic heterocycles. The Morgan fingerprint density at radius 2 is 2.29 bits per heavy atom. The van der Waals surface area contributed by atoms with E-state index >= 15 is 0 Å². The van der Waals surface area contributed by atoms with Crippen molar-refractivity contribution in [2.45, 2.75) is 26.3 Å². The van der Waals surface area contributed by atoms with Crippen LogP contribution in [0.1, 0.15) is 24.6 Å². The number of H-pyrrole nitrogens is 1. The molecule has 0 spiro atoms. The minimum Gasteiger partial charge on any atom is -0.384 e. The van der Waals surface area contributed by atoms with Gasteiger partial charge >= 0.3 is 0 Å². The van der Waals surface area contributed by atoms with Gasteiger partial charge in [0.2, 0.25) is 0 Å². The Morgan fingerprint density at radius 1 is 1.41 bits per heavy atom. The number of nitrogens with one attached hydrogen (secondary N) is 2. The largest absolute Gasteiger partial charge is 0.384 e. The van der Waals surface area contributed by atoms with Crippen LogP contribution < -0.4 is 11.1 Å². The Morgan fingerprint density at radius 3 is 3.00 bits per heavy atom. The molecule has 0 aliphatic rings. The van der Waals surface area contributed by atoms with E-state index in [9.17, 15) is 0 Å². The van der Waals surface area contributed by atoms with Crippen molar-refractivity contribution in [3.05, 3.63) is 29.8 Å². The summed E-state index contributed by atoms with van der Waals surface area (Å²) in [6.45, 7) is 2.73. The molecule has 0 atom stereocenters. The molecule has 0 unspecified atom stereocenters. The Balaban J connectivity index is 1.99. The lowest BCUT2D eigenvalue weighted by atomic mass is 10.2. The maximum absolute atomic E-state index is 5.69. The van der Waals surface area contributed by atoms with Crippen LogP contribution in [0.5, 0.6) is 0 Å². The summed E-state index contributed by atoms with van der Waals surface area (Å²) in [5, 5.41) is 9.75. The van der Waals surface area contributed by atoms with Crippen LogP contribution in [-0.2, 0) is 13.0 Å². The van der Waals surface area contributed by atoms with Crippen LogP contribution in [0.4, 0.5) is 11.6 Å². The van der Waals surface area contributed by atoms with Crippen LogP contribution in [0, 0.1) is 0 Å². The monoisotopic (exact) mass is 232 g/mol. The van der Waals surface area contributed by atoms with E-state index in [0.717, 1.165) is 29.9 Å². The topological polar surface area (TPSA) is 92.5 Å². The van der Waals surface area contributed by atoms with Gasteiger partial charge in [0.1, 0.15) is 18.0 Å². The maximum Gasteiger partial charge on any atom is 0.129 e. The molecule has 17 heavy (non-hydrogen) atoms. The summed E-state index contributed by atoms with van der Waals surface area (Å²) < 4.78 is 0. The average Bonchev–Trinajstić information content (AvgIpc) is 2.73. The second kappa shape index (κ2) is 5.29. The van der Waals surface area contributed by atoms with E-state index in [1.54, 1.807) is 12.5 Å². The van der Waals surface area contributed by atoms with Crippen molar-refractivity contribution in [2.24, 2.45) is 0 Å². The van der Waals surface area contributed by atoms with Crippen LogP contribution in [0.3, 0.4) is 0 Å². The third-order valence-corrected chi connectivity index (χ3v) is 2.44. The first-order valence-electron chi connectivity index (χ1n) is 5.62. The van der Waals surface area contributed by atoms with Gasteiger partial charge in [-0.15, -0.1) is 0 Å². The second-order valence-electron chi connectivity index (χ2n) is 3.81. The highest BCUT2D eigenvalue weighted by Gasteiger charge is 2.02. The molecule has 0 saturated heterocycles. The van der Waals surface area contributed by atoms with E-state index in [1.807, 2.05) is 6.07 Å². The zero-order valence-corrected chi connectivity index (χ0v) is 9.77. The highest BCUT2D eigenvalue weighted by molar-refractivity contribution is 5.42. The number of anilines is 2. The van der Waals surface area contributed by atoms with Crippen molar-refractivity contribution < 1.29 is 0 Å². The quantitative estimate of drug-likeness (QED) is 0.723. The summed E-state index contributed by atoms with van der Waals surface area (Å²) in [7, 11) is 0. The standard InChI is InChI=1S/C11H16N6/c1-2-3-9-4-10(15-7-14-9)13-5-8-6-16-17-11(8)12/h4,6-7H,2-3,5H2,1H3,(H3,12,16,17)(H,13,14,15). The lowest BCUT2D eigenvalue weighted by Crippen LogP contribution is -2.04. The van der Waals surface area contributed by atoms with Gasteiger partial charge in [-0.25, -0.2) is 9.97 Å². The van der Waals surface area contributed by atoms with Gasteiger partial charge in [0.15, 0.2) is 0 Å². The molecule has 0 fully saturated rings. The molecule has 6 nitrogen and oxygen atoms in total. The molecule has 2 aromatic rings. The molecule has 2 rings (SSSR count). The number of aromatic nitrogens is 4. The van der Waals surface area contributed by atoms with Gasteiger partial charge in [-0.2, -0.15) is 5.10 Å². The lowest BCUT2D eigenvalue weighted by Gasteiger charge is -2.05. The predicted molar refractivity (Wildman–Crippen MR) is 66.4 cm³/mol. The molecule has 0 aliphatic carbocycles. The first kappa shape index (κ1) is 11.4. The predicted octanol–water partition coefficient (Wildman–Crippen LogP) is 1.35. The maximum atomic E-state index is 5.69. The molecule has 0 aliphatic heterocycles. The van der Waals surface area contributed by atoms with E-state index in [-0.39, 0.29) is 0 Å². The number of nitrogens with two attached hydrogens (primary N) is 1. The van der Waals surface area contributed by atoms with E-state index in [2.05, 4.69) is 32.4 Å². The van der Waals surface area contributed by atoms with Gasteiger partial charge in [0, 0.05) is 23.9 Å². The van der Waals surface area contributed by atoms with Gasteiger partial charge in [0.25, 0.3) is 0 Å². The SMILES string of the molecule is CCCc1cc(NCc2cn[nH]c2N)ncn1. The summed E-state index contributed by atoms with van der Waals surface area (Å²) in [5.41, 5.74) is 7.67. The van der Waals surface area contributed by atoms with Crippen molar-refractivity contribution in [1.29, 1.82) is 0 Å². The molecule has 4 N–H and O–H groups in total. The van der Waals surface area contributed by atoms with Crippen molar-refractivity contribution in [2.75, 3.05) is 11.1 Å². The third-order valence-electron chi connectivity index (χ3n) is 2.44. The molecule has 6 heteroatoms. The number of aryl methyl sites for hydroxylation is 1. The fourth-order valence-electron chi connectivity index (χ4n) is 1.53. The van der Waals surface area contributed by atoms with Crippen molar-refractivity contribution in [3.63, 3.8) is 0 Å². The fraction of sp³-hybridized carbons (Fsp3) is 0.364. The molecule has 0 amide bonds. The molecular weight excluding hydrogens is 216 g/mol. The number of nitrogen functional groups attached to an aromatic ring is 1. The van der Waals surface area contributed by atoms with Crippen LogP contribution in [0.15, 0.2) is 18.6 Å². The number of rotatable bonds is 5. The normalized spacial score (nSPS) is 10.4. The molecule has 0 bridgehead atoms. The fourth-order valence-corrected chi connectivity index (χ4v) is 1.53. The number of hydrogen-bond donors (Lipinski definition) is 3. The summed E-state index contributed by atoms with van der Waals surface area (Å²) in [5.74, 6) is 1.39. The number of hydrogen-bond acceptors (Lipinski definition) is 5. The van der Waals surface area contributed by atoms with E-state index < -0.39 is 0 Å². The Kier molecular flexibility index (Phi) is 3.54. The summed E-state index contributed by atoms with van der Waals surface area (Å²) in [6, 6.07) is 1.96. The number of nitrogens with zero attached hydrogens (tertiary/aromatic N) is 3. The zero-order valence-electron chi connectivity index (χ0n) is 9.77. The minimum atomic E-state index is 0.584.